The van der Waals surface area contributed by atoms with Gasteiger partial charge in [-0.05, 0) is 36.6 Å². The van der Waals surface area contributed by atoms with Crippen molar-refractivity contribution in [2.45, 2.75) is 20.3 Å². The van der Waals surface area contributed by atoms with E-state index in [9.17, 15) is 10.1 Å². The second-order valence-electron chi connectivity index (χ2n) is 5.42. The minimum Gasteiger partial charge on any atom is -0.364 e. The number of halogens is 1. The van der Waals surface area contributed by atoms with Crippen molar-refractivity contribution in [3.63, 3.8) is 0 Å². The number of hydrogen-bond acceptors (Lipinski definition) is 6. The van der Waals surface area contributed by atoms with E-state index in [1.807, 2.05) is 24.3 Å². The van der Waals surface area contributed by atoms with Gasteiger partial charge in [-0.25, -0.2) is 9.97 Å². The lowest BCUT2D eigenvalue weighted by molar-refractivity contribution is -0.383. The fourth-order valence-electron chi connectivity index (χ4n) is 1.92. The molecule has 0 radical (unpaired) electrons. The van der Waals surface area contributed by atoms with Gasteiger partial charge in [0.25, 0.3) is 0 Å². The third-order valence-electron chi connectivity index (χ3n) is 3.13. The Morgan fingerprint density at radius 2 is 1.87 bits per heavy atom. The number of anilines is 3. The maximum Gasteiger partial charge on any atom is 0.353 e. The van der Waals surface area contributed by atoms with Gasteiger partial charge in [-0.2, -0.15) is 0 Å². The summed E-state index contributed by atoms with van der Waals surface area (Å²) in [5, 5.41) is 17.4. The molecule has 2 N–H and O–H groups in total. The van der Waals surface area contributed by atoms with Crippen LogP contribution in [0.3, 0.4) is 0 Å². The zero-order valence-corrected chi connectivity index (χ0v) is 14.5. The Kier molecular flexibility index (Phi) is 5.86. The predicted molar refractivity (Wildman–Crippen MR) is 94.1 cm³/mol. The van der Waals surface area contributed by atoms with E-state index >= 15 is 0 Å². The van der Waals surface area contributed by atoms with Crippen molar-refractivity contribution >= 4 is 38.9 Å². The third-order valence-corrected chi connectivity index (χ3v) is 3.65. The second-order valence-corrected chi connectivity index (χ2v) is 6.33. The van der Waals surface area contributed by atoms with Crippen molar-refractivity contribution < 1.29 is 4.92 Å². The van der Waals surface area contributed by atoms with Crippen molar-refractivity contribution in [2.24, 2.45) is 5.92 Å². The Balaban J connectivity index is 2.24. The Bertz CT molecular complexity index is 676. The molecule has 2 aromatic rings. The molecular weight excluding hydrogens is 362 g/mol. The zero-order chi connectivity index (χ0) is 16.8. The molecule has 1 aromatic carbocycles. The van der Waals surface area contributed by atoms with Crippen LogP contribution in [-0.2, 0) is 0 Å². The number of aromatic nitrogens is 2. The summed E-state index contributed by atoms with van der Waals surface area (Å²) in [6.07, 6.45) is 2.21. The lowest BCUT2D eigenvalue weighted by Gasteiger charge is -2.11. The maximum absolute atomic E-state index is 11.4. The van der Waals surface area contributed by atoms with Crippen LogP contribution in [0.25, 0.3) is 0 Å². The van der Waals surface area contributed by atoms with E-state index < -0.39 is 4.92 Å². The number of nitro groups is 1. The average Bonchev–Trinajstić information content (AvgIpc) is 2.49. The first-order chi connectivity index (χ1) is 11.0. The highest BCUT2D eigenvalue weighted by atomic mass is 79.9. The first-order valence-electron chi connectivity index (χ1n) is 7.23. The van der Waals surface area contributed by atoms with Gasteiger partial charge in [0.2, 0.25) is 11.6 Å². The van der Waals surface area contributed by atoms with Crippen molar-refractivity contribution in [1.29, 1.82) is 0 Å². The molecule has 0 spiro atoms. The van der Waals surface area contributed by atoms with E-state index in [0.717, 1.165) is 10.9 Å². The van der Waals surface area contributed by atoms with E-state index in [4.69, 9.17) is 0 Å². The van der Waals surface area contributed by atoms with Crippen LogP contribution in [0.15, 0.2) is 35.1 Å². The normalized spacial score (nSPS) is 10.6. The molecule has 0 atom stereocenters. The number of rotatable bonds is 7. The summed E-state index contributed by atoms with van der Waals surface area (Å²) in [5.41, 5.74) is 0.558. The van der Waals surface area contributed by atoms with Crippen LogP contribution in [0.5, 0.6) is 0 Å². The molecule has 8 heteroatoms. The second kappa shape index (κ2) is 7.87. The van der Waals surface area contributed by atoms with Gasteiger partial charge in [-0.1, -0.05) is 29.8 Å². The molecule has 0 unspecified atom stereocenters. The molecule has 2 rings (SSSR count). The van der Waals surface area contributed by atoms with Crippen molar-refractivity contribution in [3.8, 4) is 0 Å². The molecule has 0 saturated carbocycles. The fraction of sp³-hybridized carbons (Fsp3) is 0.333. The minimum absolute atomic E-state index is 0.154. The SMILES string of the molecule is CC(C)CCNc1ncnc(Nc2ccc(Br)cc2)c1[N+](=O)[O-]. The van der Waals surface area contributed by atoms with Crippen LogP contribution in [0, 0.1) is 16.0 Å². The van der Waals surface area contributed by atoms with Crippen LogP contribution in [0.2, 0.25) is 0 Å². The number of nitrogens with one attached hydrogen (secondary N) is 2. The zero-order valence-electron chi connectivity index (χ0n) is 12.9. The summed E-state index contributed by atoms with van der Waals surface area (Å²) in [4.78, 5) is 19.0. The molecule has 1 heterocycles. The quantitative estimate of drug-likeness (QED) is 0.548. The Hall–Kier alpha value is -2.22. The number of benzene rings is 1. The van der Waals surface area contributed by atoms with Crippen molar-refractivity contribution in [2.75, 3.05) is 17.2 Å². The number of nitrogens with zero attached hydrogens (tertiary/aromatic N) is 3. The van der Waals surface area contributed by atoms with Crippen LogP contribution >= 0.6 is 15.9 Å². The standard InChI is InChI=1S/C15H18BrN5O2/c1-10(2)7-8-17-14-13(21(22)23)15(19-9-18-14)20-12-5-3-11(16)4-6-12/h3-6,9-10H,7-8H2,1-2H3,(H2,17,18,19,20). The van der Waals surface area contributed by atoms with Gasteiger partial charge in [-0.15, -0.1) is 0 Å². The van der Waals surface area contributed by atoms with E-state index in [1.165, 1.54) is 6.33 Å². The maximum atomic E-state index is 11.4. The summed E-state index contributed by atoms with van der Waals surface area (Å²) in [7, 11) is 0. The van der Waals surface area contributed by atoms with Crippen LogP contribution < -0.4 is 10.6 Å². The Labute approximate surface area is 142 Å². The lowest BCUT2D eigenvalue weighted by atomic mass is 10.1. The molecule has 0 fully saturated rings. The first-order valence-corrected chi connectivity index (χ1v) is 8.02. The molecule has 0 bridgehead atoms. The van der Waals surface area contributed by atoms with Gasteiger partial charge < -0.3 is 10.6 Å². The van der Waals surface area contributed by atoms with E-state index in [-0.39, 0.29) is 17.3 Å². The third kappa shape index (κ3) is 4.88. The van der Waals surface area contributed by atoms with Gasteiger partial charge in [0.15, 0.2) is 0 Å². The summed E-state index contributed by atoms with van der Waals surface area (Å²) in [6, 6.07) is 7.30. The molecule has 0 amide bonds. The molecule has 0 aliphatic rings. The lowest BCUT2D eigenvalue weighted by Crippen LogP contribution is -2.10. The predicted octanol–water partition coefficient (Wildman–Crippen LogP) is 4.35. The van der Waals surface area contributed by atoms with Crippen LogP contribution in [0.4, 0.5) is 23.0 Å². The van der Waals surface area contributed by atoms with Gasteiger partial charge in [0.1, 0.15) is 6.33 Å². The summed E-state index contributed by atoms with van der Waals surface area (Å²) in [5.74, 6) is 0.897. The van der Waals surface area contributed by atoms with Gasteiger partial charge in [0.05, 0.1) is 4.92 Å². The highest BCUT2D eigenvalue weighted by molar-refractivity contribution is 9.10. The molecule has 0 aliphatic heterocycles. The van der Waals surface area contributed by atoms with Gasteiger partial charge in [-0.3, -0.25) is 10.1 Å². The van der Waals surface area contributed by atoms with E-state index in [0.29, 0.717) is 18.2 Å². The number of hydrogen-bond donors (Lipinski definition) is 2. The van der Waals surface area contributed by atoms with Crippen molar-refractivity contribution in [3.05, 3.63) is 45.2 Å². The fourth-order valence-corrected chi connectivity index (χ4v) is 2.19. The summed E-state index contributed by atoms with van der Waals surface area (Å²) in [6.45, 7) is 4.81. The molecule has 7 nitrogen and oxygen atoms in total. The molecule has 23 heavy (non-hydrogen) atoms. The Morgan fingerprint density at radius 1 is 1.22 bits per heavy atom. The van der Waals surface area contributed by atoms with Crippen LogP contribution in [-0.4, -0.2) is 21.4 Å². The van der Waals surface area contributed by atoms with Crippen molar-refractivity contribution in [1.82, 2.24) is 9.97 Å². The Morgan fingerprint density at radius 3 is 2.48 bits per heavy atom. The molecular formula is C15H18BrN5O2. The van der Waals surface area contributed by atoms with E-state index in [2.05, 4.69) is 50.4 Å². The highest BCUT2D eigenvalue weighted by Crippen LogP contribution is 2.31. The molecule has 122 valence electrons. The molecule has 0 saturated heterocycles. The van der Waals surface area contributed by atoms with Gasteiger partial charge in [0, 0.05) is 16.7 Å². The van der Waals surface area contributed by atoms with Gasteiger partial charge >= 0.3 is 5.69 Å². The highest BCUT2D eigenvalue weighted by Gasteiger charge is 2.22. The first kappa shape index (κ1) is 17.1. The monoisotopic (exact) mass is 379 g/mol. The average molecular weight is 380 g/mol. The van der Waals surface area contributed by atoms with Crippen LogP contribution in [0.1, 0.15) is 20.3 Å². The summed E-state index contributed by atoms with van der Waals surface area (Å²) < 4.78 is 0.927. The smallest absolute Gasteiger partial charge is 0.353 e. The molecule has 0 aliphatic carbocycles. The molecule has 1 aromatic heterocycles. The largest absolute Gasteiger partial charge is 0.364 e. The minimum atomic E-state index is -0.473. The summed E-state index contributed by atoms with van der Waals surface area (Å²) >= 11 is 3.35. The topological polar surface area (TPSA) is 93.0 Å². The van der Waals surface area contributed by atoms with E-state index in [1.54, 1.807) is 0 Å².